The number of unbranched alkanes of at least 4 members (excludes halogenated alkanes) is 29. The summed E-state index contributed by atoms with van der Waals surface area (Å²) in [5.74, 6) is -0.443. The van der Waals surface area contributed by atoms with Gasteiger partial charge in [0.15, 0.2) is 0 Å². The summed E-state index contributed by atoms with van der Waals surface area (Å²) in [4.78, 5) is 22.7. The molecule has 1 amide bonds. The number of carbonyl (C=O) groups excluding carboxylic acids is 1. The fraction of sp³-hybridized carbons (Fsp3) is 0.932. The molecule has 0 aromatic heterocycles. The average molecular weight is 789 g/mol. The highest BCUT2D eigenvalue weighted by molar-refractivity contribution is 7.47. The largest absolute Gasteiger partial charge is 0.472 e. The Morgan fingerprint density at radius 2 is 1.02 bits per heavy atom. The maximum absolute atomic E-state index is 12.8. The summed E-state index contributed by atoms with van der Waals surface area (Å²) in [5, 5.41) is 24.0. The first-order valence-corrected chi connectivity index (χ1v) is 24.4. The van der Waals surface area contributed by atoms with Crippen molar-refractivity contribution in [3.63, 3.8) is 0 Å². The highest BCUT2D eigenvalue weighted by atomic mass is 31.2. The van der Waals surface area contributed by atoms with Gasteiger partial charge in [0.1, 0.15) is 0 Å². The molecule has 0 saturated heterocycles. The minimum atomic E-state index is -4.39. The predicted octanol–water partition coefficient (Wildman–Crippen LogP) is 11.8. The zero-order chi connectivity index (χ0) is 39.8. The normalized spacial score (nSPS) is 14.7. The zero-order valence-corrected chi connectivity index (χ0v) is 36.2. The first kappa shape index (κ1) is 53.2. The van der Waals surface area contributed by atoms with E-state index in [0.29, 0.717) is 6.42 Å². The number of aliphatic hydroxyl groups excluding tert-OH is 2. The summed E-state index contributed by atoms with van der Waals surface area (Å²) in [5.41, 5.74) is 5.36. The Bertz CT molecular complexity index is 878. The van der Waals surface area contributed by atoms with Gasteiger partial charge in [-0.25, -0.2) is 4.57 Å². The summed E-state index contributed by atoms with van der Waals surface area (Å²) in [7, 11) is -4.39. The summed E-state index contributed by atoms with van der Waals surface area (Å²) in [6.07, 6.45) is 41.6. The SMILES string of the molecule is CCCCCCCCCCCC/C=C/C(O)C(COP(=O)(O)OCCN)NC(=O)CC(O)CCCCCCCCCCCCCCCCCCCCCC. The van der Waals surface area contributed by atoms with Crippen LogP contribution < -0.4 is 11.1 Å². The van der Waals surface area contributed by atoms with Crippen LogP contribution in [0.25, 0.3) is 0 Å². The molecule has 0 aromatic carbocycles. The Hall–Kier alpha value is -0.800. The molecule has 0 fully saturated rings. The molecule has 0 aliphatic rings. The molecule has 0 rings (SSSR count). The summed E-state index contributed by atoms with van der Waals surface area (Å²) in [6.45, 7) is 3.98. The highest BCUT2D eigenvalue weighted by Crippen LogP contribution is 2.43. The van der Waals surface area contributed by atoms with Crippen LogP contribution in [0.1, 0.15) is 226 Å². The van der Waals surface area contributed by atoms with Gasteiger partial charge in [-0.2, -0.15) is 0 Å². The quantitative estimate of drug-likeness (QED) is 0.0233. The van der Waals surface area contributed by atoms with E-state index >= 15 is 0 Å². The smallest absolute Gasteiger partial charge is 0.393 e. The number of nitrogens with two attached hydrogens (primary N) is 1. The monoisotopic (exact) mass is 789 g/mol. The second-order valence-corrected chi connectivity index (χ2v) is 17.3. The van der Waals surface area contributed by atoms with Gasteiger partial charge in [0, 0.05) is 6.54 Å². The number of hydrogen-bond donors (Lipinski definition) is 5. The number of allylic oxidation sites excluding steroid dienone is 1. The molecule has 0 bridgehead atoms. The van der Waals surface area contributed by atoms with Crippen molar-refractivity contribution in [3.05, 3.63) is 12.2 Å². The fourth-order valence-corrected chi connectivity index (χ4v) is 7.70. The molecule has 4 atom stereocenters. The van der Waals surface area contributed by atoms with Crippen LogP contribution in [0.5, 0.6) is 0 Å². The van der Waals surface area contributed by atoms with E-state index in [1.165, 1.54) is 161 Å². The molecule has 322 valence electrons. The Kier molecular flexibility index (Phi) is 39.8. The predicted molar refractivity (Wildman–Crippen MR) is 228 cm³/mol. The second kappa shape index (κ2) is 40.4. The standard InChI is InChI=1S/C44H89N2O7P/c1-3-5-7-9-11-13-15-17-18-19-20-21-22-23-24-25-27-29-31-33-35-41(47)39-44(49)46-42(40-53-54(50,51)52-38-37-45)43(48)36-34-32-30-28-26-16-14-12-10-8-6-4-2/h34,36,41-43,47-48H,3-33,35,37-40,45H2,1-2H3,(H,46,49)(H,50,51)/b36-34+. The molecule has 0 heterocycles. The van der Waals surface area contributed by atoms with Crippen LogP contribution in [0.4, 0.5) is 0 Å². The van der Waals surface area contributed by atoms with E-state index in [0.717, 1.165) is 38.5 Å². The lowest BCUT2D eigenvalue weighted by atomic mass is 10.0. The number of phosphoric acid groups is 1. The van der Waals surface area contributed by atoms with Crippen molar-refractivity contribution in [1.82, 2.24) is 5.32 Å². The minimum Gasteiger partial charge on any atom is -0.393 e. The first-order chi connectivity index (χ1) is 26.3. The molecule has 0 aliphatic heterocycles. The van der Waals surface area contributed by atoms with Crippen LogP contribution >= 0.6 is 7.82 Å². The Morgan fingerprint density at radius 3 is 1.43 bits per heavy atom. The summed E-state index contributed by atoms with van der Waals surface area (Å²) in [6, 6.07) is -0.977. The maximum Gasteiger partial charge on any atom is 0.472 e. The number of nitrogens with one attached hydrogen (secondary N) is 1. The number of phosphoric ester groups is 1. The van der Waals surface area contributed by atoms with Crippen molar-refractivity contribution in [2.45, 2.75) is 244 Å². The van der Waals surface area contributed by atoms with Gasteiger partial charge >= 0.3 is 7.82 Å². The van der Waals surface area contributed by atoms with Crippen molar-refractivity contribution >= 4 is 13.7 Å². The van der Waals surface area contributed by atoms with Crippen LogP contribution in [-0.4, -0.2) is 59.0 Å². The topological polar surface area (TPSA) is 151 Å². The van der Waals surface area contributed by atoms with Crippen LogP contribution in [0.3, 0.4) is 0 Å². The lowest BCUT2D eigenvalue weighted by Crippen LogP contribution is -2.46. The summed E-state index contributed by atoms with van der Waals surface area (Å²) < 4.78 is 22.1. The molecule has 0 aliphatic carbocycles. The van der Waals surface area contributed by atoms with E-state index in [1.54, 1.807) is 6.08 Å². The van der Waals surface area contributed by atoms with E-state index in [1.807, 2.05) is 6.08 Å². The molecule has 0 saturated carbocycles. The van der Waals surface area contributed by atoms with Gasteiger partial charge in [0.2, 0.25) is 5.91 Å². The van der Waals surface area contributed by atoms with Gasteiger partial charge < -0.3 is 26.2 Å². The number of carbonyl (C=O) groups is 1. The van der Waals surface area contributed by atoms with Gasteiger partial charge in [-0.1, -0.05) is 212 Å². The van der Waals surface area contributed by atoms with Crippen LogP contribution in [0.2, 0.25) is 0 Å². The molecule has 0 spiro atoms. The third-order valence-corrected chi connectivity index (χ3v) is 11.4. The third-order valence-electron chi connectivity index (χ3n) is 10.4. The van der Waals surface area contributed by atoms with E-state index in [9.17, 15) is 24.5 Å². The van der Waals surface area contributed by atoms with E-state index < -0.39 is 38.6 Å². The van der Waals surface area contributed by atoms with Crippen molar-refractivity contribution in [2.75, 3.05) is 19.8 Å². The van der Waals surface area contributed by atoms with Gasteiger partial charge in [-0.05, 0) is 19.3 Å². The molecule has 0 radical (unpaired) electrons. The molecular weight excluding hydrogens is 699 g/mol. The number of amides is 1. The van der Waals surface area contributed by atoms with Gasteiger partial charge in [-0.3, -0.25) is 13.8 Å². The molecular formula is C44H89N2O7P. The van der Waals surface area contributed by atoms with Gasteiger partial charge in [0.05, 0.1) is 37.9 Å². The molecule has 54 heavy (non-hydrogen) atoms. The Labute approximate surface area is 333 Å². The van der Waals surface area contributed by atoms with Gasteiger partial charge in [0.25, 0.3) is 0 Å². The lowest BCUT2D eigenvalue weighted by molar-refractivity contribution is -0.124. The first-order valence-electron chi connectivity index (χ1n) is 22.9. The van der Waals surface area contributed by atoms with Crippen LogP contribution in [0, 0.1) is 0 Å². The van der Waals surface area contributed by atoms with Gasteiger partial charge in [-0.15, -0.1) is 0 Å². The molecule has 10 heteroatoms. The van der Waals surface area contributed by atoms with E-state index in [4.69, 9.17) is 14.8 Å². The number of hydrogen-bond acceptors (Lipinski definition) is 7. The van der Waals surface area contributed by atoms with Crippen molar-refractivity contribution < 1.29 is 33.5 Å². The number of aliphatic hydroxyl groups is 2. The van der Waals surface area contributed by atoms with Crippen molar-refractivity contribution in [2.24, 2.45) is 5.73 Å². The molecule has 4 unspecified atom stereocenters. The third kappa shape index (κ3) is 38.1. The number of rotatable bonds is 43. The second-order valence-electron chi connectivity index (χ2n) is 15.8. The Balaban J connectivity index is 4.17. The zero-order valence-electron chi connectivity index (χ0n) is 35.3. The summed E-state index contributed by atoms with van der Waals surface area (Å²) >= 11 is 0. The maximum atomic E-state index is 12.8. The minimum absolute atomic E-state index is 0.0514. The van der Waals surface area contributed by atoms with Crippen LogP contribution in [0.15, 0.2) is 12.2 Å². The Morgan fingerprint density at radius 1 is 0.630 bits per heavy atom. The van der Waals surface area contributed by atoms with Crippen molar-refractivity contribution in [1.29, 1.82) is 0 Å². The fourth-order valence-electron chi connectivity index (χ4n) is 6.94. The average Bonchev–Trinajstić information content (AvgIpc) is 3.15. The van der Waals surface area contributed by atoms with E-state index in [-0.39, 0.29) is 19.6 Å². The highest BCUT2D eigenvalue weighted by Gasteiger charge is 2.27. The molecule has 9 nitrogen and oxygen atoms in total. The molecule has 6 N–H and O–H groups in total. The molecule has 0 aromatic rings. The lowest BCUT2D eigenvalue weighted by Gasteiger charge is -2.24. The van der Waals surface area contributed by atoms with Crippen LogP contribution in [-0.2, 0) is 18.4 Å². The van der Waals surface area contributed by atoms with Crippen molar-refractivity contribution in [3.8, 4) is 0 Å². The van der Waals surface area contributed by atoms with E-state index in [2.05, 4.69) is 19.2 Å².